The number of fused-ring (bicyclic) bond motifs is 1. The van der Waals surface area contributed by atoms with E-state index >= 15 is 0 Å². The molecule has 0 aliphatic heterocycles. The standard InChI is InChI=1S/C14H10BrNO4.C14H8BrNO3.BH.U/c15-12-3-6-14(11(7-12)8-17)20-9-10-1-4-13(5-2-10)16(18)19;15-11-3-6-13-10(7-11)8-14(19-13)9-1-4-12(5-2-9)16(17)18;;/h1-8H,9H2;1-8H;1H;/i;;1D;. The minimum atomic E-state index is -0.455. The maximum atomic E-state index is 10.9. The fourth-order valence-electron chi connectivity index (χ4n) is 3.52. The van der Waals surface area contributed by atoms with Crippen molar-refractivity contribution in [2.75, 3.05) is 0 Å². The zero-order chi connectivity index (χ0) is 29.9. The molecule has 0 fully saturated rings. The van der Waals surface area contributed by atoms with Crippen LogP contribution in [0.4, 0.5) is 11.4 Å². The van der Waals surface area contributed by atoms with E-state index in [2.05, 4.69) is 40.2 Å². The van der Waals surface area contributed by atoms with E-state index in [9.17, 15) is 25.0 Å². The molecule has 13 heteroatoms. The molecule has 5 aromatic rings. The van der Waals surface area contributed by atoms with Gasteiger partial charge in [-0.05, 0) is 73.6 Å². The Bertz CT molecular complexity index is 1670. The van der Waals surface area contributed by atoms with Crippen molar-refractivity contribution in [1.29, 1.82) is 1.34 Å². The number of nitrogens with zero attached hydrogens (tertiary/aromatic N) is 2. The third-order valence-corrected chi connectivity index (χ3v) is 6.47. The van der Waals surface area contributed by atoms with Crippen LogP contribution in [0.1, 0.15) is 15.9 Å². The van der Waals surface area contributed by atoms with E-state index < -0.39 is 9.85 Å². The molecule has 0 atom stereocenters. The van der Waals surface area contributed by atoms with Crippen LogP contribution in [-0.4, -0.2) is 25.8 Å². The maximum Gasteiger partial charge on any atom is 0.269 e. The Labute approximate surface area is 278 Å². The van der Waals surface area contributed by atoms with Crippen molar-refractivity contribution in [1.82, 2.24) is 0 Å². The molecule has 0 bridgehead atoms. The number of non-ortho nitro benzene ring substituents is 2. The summed E-state index contributed by atoms with van der Waals surface area (Å²) in [7, 11) is 3.75. The molecule has 1 heterocycles. The first kappa shape index (κ1) is 32.3. The number of hydrogen-bond acceptors (Lipinski definition) is 7. The molecule has 0 saturated heterocycles. The van der Waals surface area contributed by atoms with Gasteiger partial charge in [0.1, 0.15) is 23.7 Å². The first-order valence-electron chi connectivity index (χ1n) is 11.9. The molecule has 4 aromatic carbocycles. The van der Waals surface area contributed by atoms with Gasteiger partial charge in [-0.3, -0.25) is 25.0 Å². The molecule has 0 saturated carbocycles. The van der Waals surface area contributed by atoms with Gasteiger partial charge in [0, 0.05) is 83.7 Å². The molecule has 0 aliphatic carbocycles. The summed E-state index contributed by atoms with van der Waals surface area (Å²) in [6.45, 7) is 0.237. The minimum Gasteiger partial charge on any atom is -0.488 e. The van der Waals surface area contributed by atoms with Crippen LogP contribution in [0.5, 0.6) is 5.75 Å². The van der Waals surface area contributed by atoms with Crippen molar-refractivity contribution in [3.63, 3.8) is 0 Å². The third kappa shape index (κ3) is 9.13. The molecule has 0 aliphatic rings. The van der Waals surface area contributed by atoms with Crippen LogP contribution in [0.15, 0.2) is 104 Å². The third-order valence-electron chi connectivity index (χ3n) is 5.48. The average Bonchev–Trinajstić information content (AvgIpc) is 3.41. The number of carbonyl (C=O) groups excluding carboxylic acids is 1. The maximum absolute atomic E-state index is 10.9. The topological polar surface area (TPSA) is 126 Å². The van der Waals surface area contributed by atoms with Gasteiger partial charge in [-0.15, -0.1) is 0 Å². The molecule has 0 N–H and O–H groups in total. The number of ether oxygens (including phenoxy) is 1. The molecular weight excluding hydrogens is 885 g/mol. The largest absolute Gasteiger partial charge is 0.488 e. The van der Waals surface area contributed by atoms with Gasteiger partial charge in [-0.2, -0.15) is 0 Å². The number of nitro groups is 2. The SMILES string of the molecule is O=Cc1cc(Br)ccc1OCc1ccc([N+](=O)[O-])cc1.O=[N+]([O-])c1ccc(-c2cc3cc(Br)ccc3o2)cc1.[2H][B].[U]. The van der Waals surface area contributed by atoms with E-state index in [1.165, 1.54) is 24.3 Å². The van der Waals surface area contributed by atoms with Gasteiger partial charge in [-0.1, -0.05) is 31.9 Å². The van der Waals surface area contributed by atoms with Gasteiger partial charge in [0.25, 0.3) is 11.4 Å². The number of benzene rings is 4. The van der Waals surface area contributed by atoms with Crippen molar-refractivity contribution in [3.8, 4) is 17.1 Å². The molecular formula is C28H19BBr2N2O7U. The monoisotopic (exact) mass is 903 g/mol. The van der Waals surface area contributed by atoms with E-state index in [0.29, 0.717) is 17.1 Å². The number of furan rings is 1. The predicted octanol–water partition coefficient (Wildman–Crippen LogP) is 7.87. The molecule has 2 radical (unpaired) electrons. The quantitative estimate of drug-likeness (QED) is 0.0705. The second-order valence-electron chi connectivity index (χ2n) is 8.11. The number of halogens is 2. The van der Waals surface area contributed by atoms with Gasteiger partial charge >= 0.3 is 0 Å². The molecule has 41 heavy (non-hydrogen) atoms. The fourth-order valence-corrected chi connectivity index (χ4v) is 4.28. The first-order chi connectivity index (χ1) is 19.7. The van der Waals surface area contributed by atoms with Gasteiger partial charge in [0.2, 0.25) is 0 Å². The average molecular weight is 905 g/mol. The van der Waals surface area contributed by atoms with E-state index in [0.717, 1.165) is 37.3 Å². The Morgan fingerprint density at radius 2 is 1.39 bits per heavy atom. The van der Waals surface area contributed by atoms with E-state index in [-0.39, 0.29) is 49.1 Å². The molecule has 204 valence electrons. The summed E-state index contributed by atoms with van der Waals surface area (Å²) < 4.78 is 18.3. The first-order valence-corrected chi connectivity index (χ1v) is 12.9. The molecule has 0 spiro atoms. The van der Waals surface area contributed by atoms with Crippen molar-refractivity contribution >= 4 is 68.9 Å². The summed E-state index contributed by atoms with van der Waals surface area (Å²) in [5.74, 6) is 1.17. The van der Waals surface area contributed by atoms with E-state index in [1.807, 2.05) is 24.3 Å². The summed E-state index contributed by atoms with van der Waals surface area (Å²) in [5, 5.41) is 22.1. The second kappa shape index (κ2) is 15.7. The van der Waals surface area contributed by atoms with Gasteiger partial charge in [0.15, 0.2) is 6.29 Å². The van der Waals surface area contributed by atoms with Crippen LogP contribution in [-0.2, 0) is 6.61 Å². The van der Waals surface area contributed by atoms with Crippen LogP contribution in [0.25, 0.3) is 22.3 Å². The zero-order valence-corrected chi connectivity index (χ0v) is 28.4. The number of aldehydes is 1. The number of rotatable bonds is 7. The molecule has 0 amide bonds. The summed E-state index contributed by atoms with van der Waals surface area (Å²) in [4.78, 5) is 31.2. The Kier molecular flexibility index (Phi) is 12.3. The zero-order valence-electron chi connectivity index (χ0n) is 22.0. The van der Waals surface area contributed by atoms with E-state index in [4.69, 9.17) is 10.5 Å². The van der Waals surface area contributed by atoms with Crippen molar-refractivity contribution in [2.45, 2.75) is 6.61 Å². The van der Waals surface area contributed by atoms with Crippen molar-refractivity contribution in [2.24, 2.45) is 0 Å². The fraction of sp³-hybridized carbons (Fsp3) is 0.0357. The van der Waals surface area contributed by atoms with Gasteiger partial charge in [-0.25, -0.2) is 0 Å². The Morgan fingerprint density at radius 3 is 1.98 bits per heavy atom. The van der Waals surface area contributed by atoms with Crippen LogP contribution in [0.3, 0.4) is 0 Å². The Morgan fingerprint density at radius 1 is 0.829 bits per heavy atom. The summed E-state index contributed by atoms with van der Waals surface area (Å²) in [5.41, 5.74) is 2.94. The van der Waals surface area contributed by atoms with Crippen LogP contribution >= 0.6 is 31.9 Å². The Balaban J connectivity index is 0.000000271. The molecule has 9 nitrogen and oxygen atoms in total. The van der Waals surface area contributed by atoms with Crippen molar-refractivity contribution in [3.05, 3.63) is 131 Å². The van der Waals surface area contributed by atoms with Crippen molar-refractivity contribution < 1.29 is 54.9 Å². The summed E-state index contributed by atoms with van der Waals surface area (Å²) >= 11 is 6.68. The van der Waals surface area contributed by atoms with Crippen LogP contribution in [0, 0.1) is 51.3 Å². The minimum absolute atomic E-state index is 0. The summed E-state index contributed by atoms with van der Waals surface area (Å²) in [6, 6.07) is 25.2. The smallest absolute Gasteiger partial charge is 0.269 e. The number of hydrogen-bond donors (Lipinski definition) is 0. The van der Waals surface area contributed by atoms with Gasteiger partial charge in [0.05, 0.1) is 15.4 Å². The molecule has 0 unspecified atom stereocenters. The van der Waals surface area contributed by atoms with Crippen LogP contribution < -0.4 is 4.74 Å². The van der Waals surface area contributed by atoms with Gasteiger partial charge < -0.3 is 9.15 Å². The molecule has 5 rings (SSSR count). The summed E-state index contributed by atoms with van der Waals surface area (Å²) in [6.07, 6.45) is 0.718. The second-order valence-corrected chi connectivity index (χ2v) is 9.94. The van der Waals surface area contributed by atoms with E-state index in [1.54, 1.807) is 42.5 Å². The Hall–Kier alpha value is -3.23. The molecule has 1 aromatic heterocycles. The number of nitro benzene ring substituents is 2. The number of carbonyl (C=O) groups is 1. The predicted molar refractivity (Wildman–Crippen MR) is 160 cm³/mol. The normalized spacial score (nSPS) is 10.0. The van der Waals surface area contributed by atoms with Crippen LogP contribution in [0.2, 0.25) is 0 Å².